The predicted molar refractivity (Wildman–Crippen MR) is 60.7 cm³/mol. The number of aliphatic carboxylic acids is 1. The molecule has 0 aromatic heterocycles. The number of carboxylic acids is 1. The molecule has 1 aromatic carbocycles. The third-order valence-corrected chi connectivity index (χ3v) is 2.68. The van der Waals surface area contributed by atoms with E-state index in [9.17, 15) is 18.0 Å². The van der Waals surface area contributed by atoms with Gasteiger partial charge in [0.2, 0.25) is 0 Å². The molecule has 1 aromatic rings. The van der Waals surface area contributed by atoms with E-state index < -0.39 is 23.4 Å². The normalized spacial score (nSPS) is 10.6. The van der Waals surface area contributed by atoms with Gasteiger partial charge in [0.25, 0.3) is 0 Å². The Bertz CT molecular complexity index is 419. The molecule has 1 N–H and O–H groups in total. The van der Waals surface area contributed by atoms with Gasteiger partial charge in [-0.2, -0.15) is 0 Å². The number of carbonyl (C=O) groups is 1. The molecule has 1 rings (SSSR count). The summed E-state index contributed by atoms with van der Waals surface area (Å²) in [6.45, 7) is 0. The second-order valence-corrected chi connectivity index (χ2v) is 4.17. The summed E-state index contributed by atoms with van der Waals surface area (Å²) < 4.78 is 38.8. The zero-order valence-corrected chi connectivity index (χ0v) is 9.89. The summed E-state index contributed by atoms with van der Waals surface area (Å²) >= 11 is 0. The fourth-order valence-electron chi connectivity index (χ4n) is 1.70. The molecule has 100 valence electrons. The van der Waals surface area contributed by atoms with Gasteiger partial charge in [-0.1, -0.05) is 12.8 Å². The van der Waals surface area contributed by atoms with E-state index in [0.29, 0.717) is 25.3 Å². The van der Waals surface area contributed by atoms with Crippen LogP contribution in [0.5, 0.6) is 0 Å². The molecule has 0 atom stereocenters. The lowest BCUT2D eigenvalue weighted by Crippen LogP contribution is -1.96. The Labute approximate surface area is 103 Å². The van der Waals surface area contributed by atoms with Crippen molar-refractivity contribution in [1.29, 1.82) is 0 Å². The van der Waals surface area contributed by atoms with Gasteiger partial charge in [0.1, 0.15) is 5.82 Å². The number of unbranched alkanes of at least 4 members (excludes halogenated alkanes) is 3. The molecule has 0 heterocycles. The Balaban J connectivity index is 2.31. The molecule has 0 saturated heterocycles. The van der Waals surface area contributed by atoms with Gasteiger partial charge in [-0.05, 0) is 30.9 Å². The Morgan fingerprint density at radius 1 is 0.944 bits per heavy atom. The lowest BCUT2D eigenvalue weighted by atomic mass is 10.0. The SMILES string of the molecule is O=C(O)CCCCCCc1cc(F)c(F)cc1F. The van der Waals surface area contributed by atoms with E-state index >= 15 is 0 Å². The molecule has 0 aliphatic rings. The number of aryl methyl sites for hydroxylation is 1. The molecule has 0 saturated carbocycles. The van der Waals surface area contributed by atoms with Crippen LogP contribution in [-0.4, -0.2) is 11.1 Å². The minimum Gasteiger partial charge on any atom is -0.481 e. The highest BCUT2D eigenvalue weighted by molar-refractivity contribution is 5.66. The van der Waals surface area contributed by atoms with Gasteiger partial charge in [-0.25, -0.2) is 13.2 Å². The van der Waals surface area contributed by atoms with Crippen molar-refractivity contribution in [2.24, 2.45) is 0 Å². The van der Waals surface area contributed by atoms with E-state index in [2.05, 4.69) is 0 Å². The molecule has 5 heteroatoms. The number of hydrogen-bond acceptors (Lipinski definition) is 1. The topological polar surface area (TPSA) is 37.3 Å². The second kappa shape index (κ2) is 7.03. The number of rotatable bonds is 7. The van der Waals surface area contributed by atoms with Crippen LogP contribution in [-0.2, 0) is 11.2 Å². The minimum atomic E-state index is -1.18. The summed E-state index contributed by atoms with van der Waals surface area (Å²) in [5, 5.41) is 8.41. The lowest BCUT2D eigenvalue weighted by molar-refractivity contribution is -0.137. The van der Waals surface area contributed by atoms with Crippen LogP contribution in [0.4, 0.5) is 13.2 Å². The lowest BCUT2D eigenvalue weighted by Gasteiger charge is -2.04. The Morgan fingerprint density at radius 2 is 1.56 bits per heavy atom. The van der Waals surface area contributed by atoms with E-state index in [-0.39, 0.29) is 12.0 Å². The highest BCUT2D eigenvalue weighted by Crippen LogP contribution is 2.16. The van der Waals surface area contributed by atoms with Crippen LogP contribution < -0.4 is 0 Å². The molecule has 0 unspecified atom stereocenters. The summed E-state index contributed by atoms with van der Waals surface area (Å²) in [7, 11) is 0. The first-order valence-corrected chi connectivity index (χ1v) is 5.86. The van der Waals surface area contributed by atoms with Crippen LogP contribution in [0.25, 0.3) is 0 Å². The average molecular weight is 260 g/mol. The number of carboxylic acid groups (broad SMARTS) is 1. The molecule has 18 heavy (non-hydrogen) atoms. The molecule has 0 aliphatic carbocycles. The van der Waals surface area contributed by atoms with Crippen molar-refractivity contribution in [1.82, 2.24) is 0 Å². The predicted octanol–water partition coefficient (Wildman–Crippen LogP) is 3.68. The zero-order valence-electron chi connectivity index (χ0n) is 9.89. The van der Waals surface area contributed by atoms with Crippen molar-refractivity contribution in [3.05, 3.63) is 35.1 Å². The van der Waals surface area contributed by atoms with E-state index in [4.69, 9.17) is 5.11 Å². The van der Waals surface area contributed by atoms with Crippen LogP contribution >= 0.6 is 0 Å². The van der Waals surface area contributed by atoms with Crippen LogP contribution in [0.1, 0.15) is 37.7 Å². The summed E-state index contributed by atoms with van der Waals surface area (Å²) in [4.78, 5) is 10.2. The molecular weight excluding hydrogens is 245 g/mol. The number of halogens is 3. The summed E-state index contributed by atoms with van der Waals surface area (Å²) in [5.41, 5.74) is 0.159. The van der Waals surface area contributed by atoms with Gasteiger partial charge in [0.05, 0.1) is 0 Å². The van der Waals surface area contributed by atoms with Crippen molar-refractivity contribution >= 4 is 5.97 Å². The Hall–Kier alpha value is -1.52. The van der Waals surface area contributed by atoms with Gasteiger partial charge in [0, 0.05) is 12.5 Å². The van der Waals surface area contributed by atoms with Crippen LogP contribution in [0, 0.1) is 17.5 Å². The molecule has 0 amide bonds. The largest absolute Gasteiger partial charge is 0.481 e. The van der Waals surface area contributed by atoms with Crippen LogP contribution in [0.15, 0.2) is 12.1 Å². The van der Waals surface area contributed by atoms with E-state index in [0.717, 1.165) is 18.9 Å². The van der Waals surface area contributed by atoms with Gasteiger partial charge < -0.3 is 5.11 Å². The first-order chi connectivity index (χ1) is 8.50. The molecular formula is C13H15F3O2. The van der Waals surface area contributed by atoms with Crippen LogP contribution in [0.2, 0.25) is 0 Å². The van der Waals surface area contributed by atoms with Gasteiger partial charge in [-0.15, -0.1) is 0 Å². The number of hydrogen-bond donors (Lipinski definition) is 1. The monoisotopic (exact) mass is 260 g/mol. The zero-order chi connectivity index (χ0) is 13.5. The van der Waals surface area contributed by atoms with E-state index in [1.54, 1.807) is 0 Å². The molecule has 0 radical (unpaired) electrons. The Morgan fingerprint density at radius 3 is 2.22 bits per heavy atom. The first-order valence-electron chi connectivity index (χ1n) is 5.86. The maximum Gasteiger partial charge on any atom is 0.303 e. The fourth-order valence-corrected chi connectivity index (χ4v) is 1.70. The van der Waals surface area contributed by atoms with E-state index in [1.807, 2.05) is 0 Å². The minimum absolute atomic E-state index is 0.125. The van der Waals surface area contributed by atoms with Crippen molar-refractivity contribution in [3.63, 3.8) is 0 Å². The quantitative estimate of drug-likeness (QED) is 0.599. The third kappa shape index (κ3) is 4.77. The smallest absolute Gasteiger partial charge is 0.303 e. The molecule has 0 aliphatic heterocycles. The highest BCUT2D eigenvalue weighted by atomic mass is 19.2. The van der Waals surface area contributed by atoms with Crippen molar-refractivity contribution in [3.8, 4) is 0 Å². The maximum absolute atomic E-state index is 13.2. The number of benzene rings is 1. The second-order valence-electron chi connectivity index (χ2n) is 4.17. The third-order valence-electron chi connectivity index (χ3n) is 2.68. The molecule has 2 nitrogen and oxygen atoms in total. The fraction of sp³-hybridized carbons (Fsp3) is 0.462. The molecule has 0 spiro atoms. The highest BCUT2D eigenvalue weighted by Gasteiger charge is 2.09. The summed E-state index contributed by atoms with van der Waals surface area (Å²) in [6.07, 6.45) is 3.14. The maximum atomic E-state index is 13.2. The van der Waals surface area contributed by atoms with Crippen molar-refractivity contribution in [2.75, 3.05) is 0 Å². The first kappa shape index (κ1) is 14.5. The molecule has 0 fully saturated rings. The molecule has 0 bridgehead atoms. The van der Waals surface area contributed by atoms with Gasteiger partial charge >= 0.3 is 5.97 Å². The van der Waals surface area contributed by atoms with Gasteiger partial charge in [0.15, 0.2) is 11.6 Å². The van der Waals surface area contributed by atoms with Gasteiger partial charge in [-0.3, -0.25) is 4.79 Å². The Kier molecular flexibility index (Phi) is 5.68. The van der Waals surface area contributed by atoms with Crippen LogP contribution in [0.3, 0.4) is 0 Å². The van der Waals surface area contributed by atoms with Crippen molar-refractivity contribution < 1.29 is 23.1 Å². The van der Waals surface area contributed by atoms with E-state index in [1.165, 1.54) is 0 Å². The summed E-state index contributed by atoms with van der Waals surface area (Å²) in [5.74, 6) is -3.80. The standard InChI is InChI=1S/C13H15F3O2/c14-10-8-12(16)11(15)7-9(10)5-3-1-2-4-6-13(17)18/h7-8H,1-6H2,(H,17,18). The average Bonchev–Trinajstić information content (AvgIpc) is 2.29. The summed E-state index contributed by atoms with van der Waals surface area (Å²) in [6, 6.07) is 1.43. The van der Waals surface area contributed by atoms with Crippen molar-refractivity contribution in [2.45, 2.75) is 38.5 Å².